The van der Waals surface area contributed by atoms with Gasteiger partial charge in [0.25, 0.3) is 0 Å². The molecule has 0 bridgehead atoms. The fourth-order valence-corrected chi connectivity index (χ4v) is 3.67. The number of ketones is 1. The molecule has 2 aromatic rings. The molecule has 8 heteroatoms. The maximum atomic E-state index is 13.1. The molecule has 2 heterocycles. The van der Waals surface area contributed by atoms with Crippen LogP contribution < -0.4 is 0 Å². The lowest BCUT2D eigenvalue weighted by Crippen LogP contribution is -2.39. The van der Waals surface area contributed by atoms with Gasteiger partial charge in [-0.25, -0.2) is 14.1 Å². The van der Waals surface area contributed by atoms with Crippen molar-refractivity contribution < 1.29 is 23.6 Å². The van der Waals surface area contributed by atoms with Crippen LogP contribution >= 0.6 is 0 Å². The fraction of sp³-hybridized carbons (Fsp3) is 0.364. The first-order valence-corrected chi connectivity index (χ1v) is 9.75. The summed E-state index contributed by atoms with van der Waals surface area (Å²) in [5, 5.41) is 0. The van der Waals surface area contributed by atoms with E-state index in [1.807, 2.05) is 11.5 Å². The number of aryl methyl sites for hydroxylation is 2. The van der Waals surface area contributed by atoms with E-state index in [9.17, 15) is 23.6 Å². The Labute approximate surface area is 174 Å². The predicted octanol–water partition coefficient (Wildman–Crippen LogP) is 2.87. The van der Waals surface area contributed by atoms with E-state index in [1.165, 1.54) is 12.1 Å². The first-order chi connectivity index (χ1) is 14.1. The molecular weight excluding hydrogens is 389 g/mol. The Hall–Kier alpha value is -3.29. The van der Waals surface area contributed by atoms with Crippen molar-refractivity contribution in [2.24, 2.45) is 0 Å². The summed E-state index contributed by atoms with van der Waals surface area (Å²) in [6.07, 6.45) is 0.658. The zero-order chi connectivity index (χ0) is 22.2. The second-order valence-electron chi connectivity index (χ2n) is 7.68. The molecule has 1 aromatic heterocycles. The lowest BCUT2D eigenvalue weighted by Gasteiger charge is -2.18. The summed E-state index contributed by atoms with van der Waals surface area (Å²) in [4.78, 5) is 51.0. The summed E-state index contributed by atoms with van der Waals surface area (Å²) in [5.74, 6) is -2.59. The molecule has 0 saturated carbocycles. The minimum Gasteiger partial charge on any atom is -0.348 e. The van der Waals surface area contributed by atoms with E-state index in [0.717, 1.165) is 16.2 Å². The number of urea groups is 1. The highest BCUT2D eigenvalue weighted by Crippen LogP contribution is 2.20. The Balaban J connectivity index is 1.75. The third-order valence-electron chi connectivity index (χ3n) is 5.31. The Kier molecular flexibility index (Phi) is 5.87. The van der Waals surface area contributed by atoms with Crippen LogP contribution in [0.5, 0.6) is 0 Å². The van der Waals surface area contributed by atoms with Gasteiger partial charge in [-0.1, -0.05) is 12.1 Å². The second kappa shape index (κ2) is 8.22. The molecule has 0 N–H and O–H groups in total. The molecule has 4 amide bonds. The number of benzene rings is 1. The minimum absolute atomic E-state index is 0.291. The van der Waals surface area contributed by atoms with E-state index in [-0.39, 0.29) is 5.82 Å². The molecular formula is C22H24FN3O4. The van der Waals surface area contributed by atoms with Crippen molar-refractivity contribution >= 4 is 23.6 Å². The van der Waals surface area contributed by atoms with Crippen LogP contribution in [0.2, 0.25) is 0 Å². The molecule has 0 atom stereocenters. The van der Waals surface area contributed by atoms with Crippen molar-refractivity contribution in [3.63, 3.8) is 0 Å². The van der Waals surface area contributed by atoms with Crippen molar-refractivity contribution in [1.29, 1.82) is 0 Å². The van der Waals surface area contributed by atoms with Gasteiger partial charge in [-0.3, -0.25) is 19.3 Å². The number of Topliss-reactive ketones (excluding diaryl/α,β-unsaturated/α-hetero) is 1. The van der Waals surface area contributed by atoms with Crippen LogP contribution in [-0.4, -0.2) is 50.6 Å². The van der Waals surface area contributed by atoms with Gasteiger partial charge >= 0.3 is 17.8 Å². The average Bonchev–Trinajstić information content (AvgIpc) is 3.09. The number of aromatic nitrogens is 1. The van der Waals surface area contributed by atoms with Crippen LogP contribution in [-0.2, 0) is 22.6 Å². The van der Waals surface area contributed by atoms with Gasteiger partial charge in [-0.2, -0.15) is 0 Å². The molecule has 1 saturated heterocycles. The maximum Gasteiger partial charge on any atom is 0.334 e. The molecule has 1 aliphatic rings. The van der Waals surface area contributed by atoms with Crippen LogP contribution in [0.4, 0.5) is 9.18 Å². The zero-order valence-corrected chi connectivity index (χ0v) is 17.4. The van der Waals surface area contributed by atoms with E-state index >= 15 is 0 Å². The minimum atomic E-state index is -0.979. The molecule has 0 aliphatic carbocycles. The van der Waals surface area contributed by atoms with Crippen molar-refractivity contribution in [2.45, 2.75) is 46.7 Å². The SMILES string of the molecule is Cc1cc(C(=O)CN2C(=O)C(=O)N(C(C)C)C2=O)c(C)n1CCc1ccc(F)cc1. The zero-order valence-electron chi connectivity index (χ0n) is 17.4. The Morgan fingerprint density at radius 2 is 1.67 bits per heavy atom. The normalized spacial score (nSPS) is 14.4. The number of carbonyl (C=O) groups excluding carboxylic acids is 4. The summed E-state index contributed by atoms with van der Waals surface area (Å²) in [5.41, 5.74) is 2.95. The van der Waals surface area contributed by atoms with Gasteiger partial charge < -0.3 is 4.57 Å². The fourth-order valence-electron chi connectivity index (χ4n) is 3.67. The standard InChI is InChI=1S/C22H24FN3O4/c1-13(2)26-21(29)20(28)25(22(26)30)12-19(27)18-11-14(3)24(15(18)4)10-9-16-5-7-17(23)8-6-16/h5-8,11,13H,9-10,12H2,1-4H3. The number of rotatable bonds is 7. The summed E-state index contributed by atoms with van der Waals surface area (Å²) in [6.45, 7) is 7.04. The first-order valence-electron chi connectivity index (χ1n) is 9.75. The van der Waals surface area contributed by atoms with Crippen molar-refractivity contribution in [3.8, 4) is 0 Å². The van der Waals surface area contributed by atoms with Crippen molar-refractivity contribution in [2.75, 3.05) is 6.54 Å². The van der Waals surface area contributed by atoms with Gasteiger partial charge in [-0.15, -0.1) is 0 Å². The summed E-state index contributed by atoms with van der Waals surface area (Å²) < 4.78 is 15.0. The van der Waals surface area contributed by atoms with Crippen LogP contribution in [0.3, 0.4) is 0 Å². The molecule has 1 fully saturated rings. The van der Waals surface area contributed by atoms with E-state index in [0.29, 0.717) is 29.1 Å². The number of hydrogen-bond acceptors (Lipinski definition) is 4. The lowest BCUT2D eigenvalue weighted by molar-refractivity contribution is -0.143. The van der Waals surface area contributed by atoms with Gasteiger partial charge in [-0.05, 0) is 57.9 Å². The summed E-state index contributed by atoms with van der Waals surface area (Å²) >= 11 is 0. The Bertz CT molecular complexity index is 1020. The number of amides is 4. The molecule has 0 unspecified atom stereocenters. The molecule has 158 valence electrons. The maximum absolute atomic E-state index is 13.1. The highest BCUT2D eigenvalue weighted by Gasteiger charge is 2.46. The third-order valence-corrected chi connectivity index (χ3v) is 5.31. The Morgan fingerprint density at radius 1 is 1.03 bits per heavy atom. The average molecular weight is 413 g/mol. The topological polar surface area (TPSA) is 79.7 Å². The Morgan fingerprint density at radius 3 is 2.23 bits per heavy atom. The van der Waals surface area contributed by atoms with Gasteiger partial charge in [0.15, 0.2) is 5.78 Å². The monoisotopic (exact) mass is 413 g/mol. The van der Waals surface area contributed by atoms with Gasteiger partial charge in [0.2, 0.25) is 0 Å². The second-order valence-corrected chi connectivity index (χ2v) is 7.68. The lowest BCUT2D eigenvalue weighted by atomic mass is 10.1. The smallest absolute Gasteiger partial charge is 0.334 e. The van der Waals surface area contributed by atoms with Gasteiger partial charge in [0, 0.05) is 29.5 Å². The molecule has 3 rings (SSSR count). The number of halogens is 1. The van der Waals surface area contributed by atoms with Crippen LogP contribution in [0.25, 0.3) is 0 Å². The number of carbonyl (C=O) groups is 4. The predicted molar refractivity (Wildman–Crippen MR) is 107 cm³/mol. The van der Waals surface area contributed by atoms with E-state index < -0.39 is 36.2 Å². The van der Waals surface area contributed by atoms with E-state index in [4.69, 9.17) is 0 Å². The highest BCUT2D eigenvalue weighted by atomic mass is 19.1. The largest absolute Gasteiger partial charge is 0.348 e. The van der Waals surface area contributed by atoms with Gasteiger partial charge in [0.05, 0.1) is 6.54 Å². The van der Waals surface area contributed by atoms with Crippen molar-refractivity contribution in [1.82, 2.24) is 14.4 Å². The summed E-state index contributed by atoms with van der Waals surface area (Å²) in [7, 11) is 0. The van der Waals surface area contributed by atoms with Crippen molar-refractivity contribution in [3.05, 3.63) is 58.7 Å². The van der Waals surface area contributed by atoms with Crippen LogP contribution in [0.15, 0.2) is 30.3 Å². The van der Waals surface area contributed by atoms with Crippen LogP contribution in [0, 0.1) is 19.7 Å². The quantitative estimate of drug-likeness (QED) is 0.397. The number of nitrogens with zero attached hydrogens (tertiary/aromatic N) is 3. The molecule has 0 spiro atoms. The highest BCUT2D eigenvalue weighted by molar-refractivity contribution is 6.45. The first kappa shape index (κ1) is 21.4. The number of hydrogen-bond donors (Lipinski definition) is 0. The molecule has 7 nitrogen and oxygen atoms in total. The van der Waals surface area contributed by atoms with E-state index in [2.05, 4.69) is 0 Å². The van der Waals surface area contributed by atoms with Crippen LogP contribution in [0.1, 0.15) is 41.2 Å². The molecule has 0 radical (unpaired) electrons. The van der Waals surface area contributed by atoms with Gasteiger partial charge in [0.1, 0.15) is 5.82 Å². The molecule has 1 aromatic carbocycles. The summed E-state index contributed by atoms with van der Waals surface area (Å²) in [6, 6.07) is 6.74. The third kappa shape index (κ3) is 3.90. The molecule has 30 heavy (non-hydrogen) atoms. The molecule has 1 aliphatic heterocycles. The van der Waals surface area contributed by atoms with E-state index in [1.54, 1.807) is 39.0 Å². The number of imide groups is 2.